The van der Waals surface area contributed by atoms with Gasteiger partial charge in [0.1, 0.15) is 17.2 Å². The number of benzene rings is 3. The Bertz CT molecular complexity index is 1850. The first-order valence-corrected chi connectivity index (χ1v) is 18.1. The van der Waals surface area contributed by atoms with Gasteiger partial charge in [-0.1, -0.05) is 46.7 Å². The van der Waals surface area contributed by atoms with Gasteiger partial charge in [-0.25, -0.2) is 9.97 Å². The maximum Gasteiger partial charge on any atom is 0.230 e. The maximum atomic E-state index is 12.6. The molecule has 3 aromatic carbocycles. The van der Waals surface area contributed by atoms with Crippen LogP contribution in [0.4, 0.5) is 0 Å². The lowest BCUT2D eigenvalue weighted by atomic mass is 10.1. The average molecular weight is 724 g/mol. The highest BCUT2D eigenvalue weighted by molar-refractivity contribution is 8.02. The van der Waals surface area contributed by atoms with Crippen LogP contribution in [0.5, 0.6) is 17.2 Å². The van der Waals surface area contributed by atoms with E-state index >= 15 is 0 Å². The number of carbonyl (C=O) groups is 2. The fourth-order valence-corrected chi connectivity index (χ4v) is 8.62. The van der Waals surface area contributed by atoms with Crippen molar-refractivity contribution in [3.63, 3.8) is 0 Å². The molecule has 2 amide bonds. The van der Waals surface area contributed by atoms with E-state index in [9.17, 15) is 14.7 Å². The number of carbonyl (C=O) groups excluding carboxylic acids is 2. The highest BCUT2D eigenvalue weighted by Crippen LogP contribution is 2.37. The van der Waals surface area contributed by atoms with Gasteiger partial charge in [-0.3, -0.25) is 9.59 Å². The molecule has 0 aliphatic rings. The Hall–Kier alpha value is -2.94. The van der Waals surface area contributed by atoms with E-state index in [1.165, 1.54) is 52.3 Å². The van der Waals surface area contributed by atoms with E-state index in [2.05, 4.69) is 20.6 Å². The number of nitrogens with zero attached hydrogens (tertiary/aromatic N) is 2. The van der Waals surface area contributed by atoms with E-state index in [-0.39, 0.29) is 52.2 Å². The van der Waals surface area contributed by atoms with Crippen molar-refractivity contribution in [2.24, 2.45) is 0 Å². The van der Waals surface area contributed by atoms with Gasteiger partial charge in [-0.05, 0) is 56.3 Å². The van der Waals surface area contributed by atoms with Crippen molar-refractivity contribution < 1.29 is 24.2 Å². The van der Waals surface area contributed by atoms with Crippen molar-refractivity contribution in [1.29, 1.82) is 0 Å². The van der Waals surface area contributed by atoms with Gasteiger partial charge in [0.15, 0.2) is 8.68 Å². The summed E-state index contributed by atoms with van der Waals surface area (Å²) in [6, 6.07) is 13.0. The molecule has 9 nitrogen and oxygen atoms in total. The number of thiazole rings is 2. The van der Waals surface area contributed by atoms with Crippen LogP contribution in [0.3, 0.4) is 0 Å². The average Bonchev–Trinajstić information content (AvgIpc) is 3.63. The van der Waals surface area contributed by atoms with Crippen LogP contribution in [0.25, 0.3) is 20.4 Å². The summed E-state index contributed by atoms with van der Waals surface area (Å²) < 4.78 is 14.6. The number of phenolic OH excluding ortho intramolecular Hbond substituents is 1. The normalized spacial score (nSPS) is 11.2. The fourth-order valence-electron chi connectivity index (χ4n) is 4.14. The van der Waals surface area contributed by atoms with E-state index in [0.717, 1.165) is 40.6 Å². The first-order chi connectivity index (χ1) is 21.7. The van der Waals surface area contributed by atoms with E-state index in [0.29, 0.717) is 24.3 Å². The third-order valence-corrected chi connectivity index (χ3v) is 11.3. The minimum Gasteiger partial charge on any atom is -0.506 e. The molecule has 0 atom stereocenters. The number of amides is 2. The van der Waals surface area contributed by atoms with Gasteiger partial charge in [0.2, 0.25) is 11.8 Å². The minimum absolute atomic E-state index is 0.0197. The topological polar surface area (TPSA) is 123 Å². The molecule has 0 radical (unpaired) electrons. The third kappa shape index (κ3) is 8.66. The quantitative estimate of drug-likeness (QED) is 0.0999. The van der Waals surface area contributed by atoms with Crippen molar-refractivity contribution >= 4 is 102 Å². The number of aromatic hydroxyl groups is 1. The van der Waals surface area contributed by atoms with Crippen LogP contribution < -0.4 is 20.1 Å². The van der Waals surface area contributed by atoms with Crippen molar-refractivity contribution in [3.8, 4) is 17.2 Å². The molecule has 2 heterocycles. The van der Waals surface area contributed by atoms with Crippen LogP contribution in [-0.4, -0.2) is 51.6 Å². The molecular weight excluding hydrogens is 696 g/mol. The predicted molar refractivity (Wildman–Crippen MR) is 185 cm³/mol. The molecular formula is C30H28Cl2N4O5S4. The molecule has 3 N–H and O–H groups in total. The molecule has 0 spiro atoms. The number of rotatable bonds is 14. The smallest absolute Gasteiger partial charge is 0.230 e. The molecule has 0 aliphatic heterocycles. The van der Waals surface area contributed by atoms with E-state index in [1.807, 2.05) is 50.2 Å². The number of nitrogens with one attached hydrogen (secondary N) is 2. The first kappa shape index (κ1) is 33.4. The molecule has 0 aliphatic carbocycles. The fraction of sp³-hybridized carbons (Fsp3) is 0.267. The summed E-state index contributed by atoms with van der Waals surface area (Å²) >= 11 is 18.5. The zero-order valence-electron chi connectivity index (χ0n) is 24.1. The zero-order valence-corrected chi connectivity index (χ0v) is 28.9. The molecule has 5 rings (SSSR count). The van der Waals surface area contributed by atoms with Crippen LogP contribution in [-0.2, 0) is 22.7 Å². The van der Waals surface area contributed by atoms with Crippen LogP contribution in [0, 0.1) is 0 Å². The lowest BCUT2D eigenvalue weighted by Crippen LogP contribution is -2.25. The van der Waals surface area contributed by atoms with E-state index in [4.69, 9.17) is 32.7 Å². The Balaban J connectivity index is 1.10. The summed E-state index contributed by atoms with van der Waals surface area (Å²) in [5.74, 6) is 1.18. The Morgan fingerprint density at radius 1 is 0.822 bits per heavy atom. The molecule has 0 saturated heterocycles. The highest BCUT2D eigenvalue weighted by atomic mass is 35.5. The summed E-state index contributed by atoms with van der Waals surface area (Å²) in [6.07, 6.45) is 0. The van der Waals surface area contributed by atoms with Crippen LogP contribution in [0.2, 0.25) is 10.0 Å². The number of aromatic nitrogens is 2. The van der Waals surface area contributed by atoms with Gasteiger partial charge in [0.05, 0.1) is 50.2 Å². The summed E-state index contributed by atoms with van der Waals surface area (Å²) in [5, 5.41) is 16.6. The Kier molecular flexibility index (Phi) is 11.6. The van der Waals surface area contributed by atoms with Crippen molar-refractivity contribution in [3.05, 3.63) is 63.6 Å². The number of hydrogen-bond acceptors (Lipinski definition) is 11. The molecule has 0 saturated carbocycles. The molecule has 5 aromatic rings. The van der Waals surface area contributed by atoms with Crippen molar-refractivity contribution in [2.75, 3.05) is 24.7 Å². The number of fused-ring (bicyclic) bond motifs is 2. The number of phenols is 1. The number of ether oxygens (including phenoxy) is 2. The third-order valence-electron chi connectivity index (χ3n) is 6.26. The van der Waals surface area contributed by atoms with Crippen molar-refractivity contribution in [1.82, 2.24) is 20.6 Å². The molecule has 45 heavy (non-hydrogen) atoms. The molecule has 0 fully saturated rings. The van der Waals surface area contributed by atoms with Crippen LogP contribution in [0.1, 0.15) is 25.0 Å². The maximum absolute atomic E-state index is 12.6. The van der Waals surface area contributed by atoms with Crippen LogP contribution >= 0.6 is 69.4 Å². The minimum atomic E-state index is -0.238. The van der Waals surface area contributed by atoms with Gasteiger partial charge < -0.3 is 25.2 Å². The standard InChI is InChI=1S/C30H28Cl2N4O5S4/c1-3-40-17-5-7-21-23(10-17)44-29(35-21)42-14-25(37)33-12-16-9-20(31)19(27(32)28(16)39)13-34-26(38)15-43-30-36-22-8-6-18(41-4-2)11-24(22)45-30/h5-11,39H,3-4,12-15H2,1-2H3,(H,33,37)(H,34,38). The number of thioether (sulfide) groups is 2. The summed E-state index contributed by atoms with van der Waals surface area (Å²) in [5.41, 5.74) is 2.44. The highest BCUT2D eigenvalue weighted by Gasteiger charge is 2.18. The number of hydrogen-bond donors (Lipinski definition) is 3. The van der Waals surface area contributed by atoms with E-state index in [1.54, 1.807) is 0 Å². The first-order valence-electron chi connectivity index (χ1n) is 13.8. The largest absolute Gasteiger partial charge is 0.506 e. The monoisotopic (exact) mass is 722 g/mol. The molecule has 0 unspecified atom stereocenters. The summed E-state index contributed by atoms with van der Waals surface area (Å²) in [6.45, 7) is 5.08. The Morgan fingerprint density at radius 3 is 1.84 bits per heavy atom. The summed E-state index contributed by atoms with van der Waals surface area (Å²) in [4.78, 5) is 34.2. The SMILES string of the molecule is CCOc1ccc2nc(SCC(=O)NCc3cc(Cl)c(CNC(=O)CSc4nc5ccc(OCC)cc5s4)c(Cl)c3O)sc2c1. The molecule has 15 heteroatoms. The lowest BCUT2D eigenvalue weighted by Gasteiger charge is -2.14. The second-order valence-electron chi connectivity index (χ2n) is 9.37. The van der Waals surface area contributed by atoms with Gasteiger partial charge >= 0.3 is 0 Å². The summed E-state index contributed by atoms with van der Waals surface area (Å²) in [7, 11) is 0. The molecule has 236 valence electrons. The zero-order chi connectivity index (χ0) is 31.9. The second-order valence-corrected chi connectivity index (χ2v) is 14.7. The van der Waals surface area contributed by atoms with Gasteiger partial charge in [-0.15, -0.1) is 22.7 Å². The van der Waals surface area contributed by atoms with Gasteiger partial charge in [0, 0.05) is 29.2 Å². The molecule has 0 bridgehead atoms. The van der Waals surface area contributed by atoms with Gasteiger partial charge in [0.25, 0.3) is 0 Å². The van der Waals surface area contributed by atoms with Gasteiger partial charge in [-0.2, -0.15) is 0 Å². The second kappa shape index (κ2) is 15.6. The Morgan fingerprint density at radius 2 is 1.33 bits per heavy atom. The Labute approximate surface area is 286 Å². The van der Waals surface area contributed by atoms with E-state index < -0.39 is 0 Å². The molecule has 2 aromatic heterocycles. The van der Waals surface area contributed by atoms with Crippen molar-refractivity contribution in [2.45, 2.75) is 35.6 Å². The lowest BCUT2D eigenvalue weighted by molar-refractivity contribution is -0.119. The predicted octanol–water partition coefficient (Wildman–Crippen LogP) is 7.53. The number of halogens is 2. The van der Waals surface area contributed by atoms with Crippen LogP contribution in [0.15, 0.2) is 51.1 Å².